The summed E-state index contributed by atoms with van der Waals surface area (Å²) in [4.78, 5) is 26.4. The highest BCUT2D eigenvalue weighted by molar-refractivity contribution is 5.99. The van der Waals surface area contributed by atoms with Gasteiger partial charge in [0.15, 0.2) is 0 Å². The summed E-state index contributed by atoms with van der Waals surface area (Å²) >= 11 is 0. The molecule has 10 nitrogen and oxygen atoms in total. The number of hydrogen-bond donors (Lipinski definition) is 2. The van der Waals surface area contributed by atoms with Crippen LogP contribution in [-0.4, -0.2) is 55.7 Å². The molecule has 1 atom stereocenters. The summed E-state index contributed by atoms with van der Waals surface area (Å²) < 4.78 is 28.8. The van der Waals surface area contributed by atoms with Crippen molar-refractivity contribution in [2.75, 3.05) is 43.5 Å². The van der Waals surface area contributed by atoms with Gasteiger partial charge in [-0.3, -0.25) is 0 Å². The van der Waals surface area contributed by atoms with Gasteiger partial charge in [-0.15, -0.1) is 0 Å². The van der Waals surface area contributed by atoms with Crippen LogP contribution >= 0.6 is 0 Å². The quantitative estimate of drug-likeness (QED) is 0.173. The van der Waals surface area contributed by atoms with Gasteiger partial charge in [0.2, 0.25) is 5.79 Å². The number of unbranched alkanes of at least 4 members (excludes halogenated alkanes) is 2. The fourth-order valence-corrected chi connectivity index (χ4v) is 5.21. The molecule has 0 radical (unpaired) electrons. The lowest BCUT2D eigenvalue weighted by molar-refractivity contribution is -0.180. The number of cyclic esters (lactones) is 1. The second kappa shape index (κ2) is 15.7. The maximum atomic E-state index is 12.4. The topological polar surface area (TPSA) is 108 Å². The maximum absolute atomic E-state index is 12.4. The number of fused-ring (bicyclic) bond motifs is 1. The third-order valence-electron chi connectivity index (χ3n) is 7.55. The lowest BCUT2D eigenvalue weighted by Crippen LogP contribution is -2.35. The highest BCUT2D eigenvalue weighted by Crippen LogP contribution is 2.35. The summed E-state index contributed by atoms with van der Waals surface area (Å²) in [5, 5.41) is 5.66. The van der Waals surface area contributed by atoms with Crippen molar-refractivity contribution < 1.29 is 33.3 Å². The van der Waals surface area contributed by atoms with Crippen molar-refractivity contribution in [3.8, 4) is 5.75 Å². The van der Waals surface area contributed by atoms with Crippen LogP contribution in [0.2, 0.25) is 0 Å². The summed E-state index contributed by atoms with van der Waals surface area (Å²) in [6.45, 7) is 7.84. The van der Waals surface area contributed by atoms with E-state index >= 15 is 0 Å². The van der Waals surface area contributed by atoms with E-state index in [1.165, 1.54) is 0 Å². The Bertz CT molecular complexity index is 1420. The van der Waals surface area contributed by atoms with Gasteiger partial charge in [0.25, 0.3) is 0 Å². The minimum Gasteiger partial charge on any atom is -0.463 e. The molecule has 5 rings (SSSR count). The number of ether oxygens (including phenoxy) is 5. The number of anilines is 2. The van der Waals surface area contributed by atoms with Crippen molar-refractivity contribution in [1.29, 1.82) is 0 Å². The van der Waals surface area contributed by atoms with Crippen molar-refractivity contribution in [2.45, 2.75) is 64.6 Å². The van der Waals surface area contributed by atoms with Crippen LogP contribution in [0, 0.1) is 0 Å². The van der Waals surface area contributed by atoms with Crippen molar-refractivity contribution in [3.63, 3.8) is 0 Å². The highest BCUT2D eigenvalue weighted by Gasteiger charge is 2.33. The molecule has 2 heterocycles. The SMILES string of the molecule is CC1(C)OCc2cc(C3CN(CCCCCOCCCOCc4cccc(NC(=O)Nc5ccccc5)c4)C(=O)O3)ccc2O1. The van der Waals surface area contributed by atoms with E-state index in [1.54, 1.807) is 4.90 Å². The molecule has 2 aliphatic heterocycles. The molecule has 1 unspecified atom stereocenters. The summed E-state index contributed by atoms with van der Waals surface area (Å²) in [6.07, 6.45) is 3.07. The Morgan fingerprint density at radius 2 is 1.67 bits per heavy atom. The summed E-state index contributed by atoms with van der Waals surface area (Å²) in [5.41, 5.74) is 4.36. The number of hydrogen-bond acceptors (Lipinski definition) is 7. The fraction of sp³-hybridized carbons (Fsp3) is 0.429. The molecule has 45 heavy (non-hydrogen) atoms. The largest absolute Gasteiger partial charge is 0.463 e. The standard InChI is InChI=1S/C35H43N3O7/c1-35(2)43-25-28-22-27(15-16-31(28)45-35)32-23-38(34(40)44-32)17-7-4-8-18-41-19-10-20-42-24-26-11-9-14-30(21-26)37-33(39)36-29-12-5-3-6-13-29/h3,5-6,9,11-16,21-22,32H,4,7-8,10,17-20,23-25H2,1-2H3,(H2,36,37,39). The Morgan fingerprint density at radius 1 is 0.889 bits per heavy atom. The molecular weight excluding hydrogens is 574 g/mol. The first-order chi connectivity index (χ1) is 21.8. The van der Waals surface area contributed by atoms with Gasteiger partial charge in [-0.1, -0.05) is 36.4 Å². The van der Waals surface area contributed by atoms with Crippen LogP contribution in [0.3, 0.4) is 0 Å². The van der Waals surface area contributed by atoms with Gasteiger partial charge in [0, 0.05) is 57.2 Å². The van der Waals surface area contributed by atoms with Crippen LogP contribution in [0.25, 0.3) is 0 Å². The number of carbonyl (C=O) groups excluding carboxylic acids is 2. The lowest BCUT2D eigenvalue weighted by atomic mass is 10.0. The number of amides is 3. The molecule has 1 fully saturated rings. The molecule has 3 amide bonds. The summed E-state index contributed by atoms with van der Waals surface area (Å²) in [7, 11) is 0. The first-order valence-electron chi connectivity index (χ1n) is 15.6. The number of rotatable bonds is 15. The number of urea groups is 1. The second-order valence-corrected chi connectivity index (χ2v) is 11.7. The van der Waals surface area contributed by atoms with E-state index in [4.69, 9.17) is 23.7 Å². The zero-order valence-corrected chi connectivity index (χ0v) is 26.1. The lowest BCUT2D eigenvalue weighted by Gasteiger charge is -2.32. The predicted molar refractivity (Wildman–Crippen MR) is 171 cm³/mol. The van der Waals surface area contributed by atoms with E-state index in [1.807, 2.05) is 86.6 Å². The van der Waals surface area contributed by atoms with Crippen LogP contribution in [0.5, 0.6) is 5.75 Å². The predicted octanol–water partition coefficient (Wildman–Crippen LogP) is 7.26. The van der Waals surface area contributed by atoms with Crippen LogP contribution in [0.1, 0.15) is 62.3 Å². The Balaban J connectivity index is 0.886. The van der Waals surface area contributed by atoms with Gasteiger partial charge >= 0.3 is 12.1 Å². The maximum Gasteiger partial charge on any atom is 0.410 e. The van der Waals surface area contributed by atoms with Crippen LogP contribution in [0.15, 0.2) is 72.8 Å². The Hall–Kier alpha value is -4.12. The van der Waals surface area contributed by atoms with E-state index in [2.05, 4.69) is 10.6 Å². The van der Waals surface area contributed by atoms with E-state index in [0.717, 1.165) is 53.8 Å². The molecule has 2 N–H and O–H groups in total. The molecule has 3 aromatic rings. The zero-order valence-electron chi connectivity index (χ0n) is 26.1. The molecule has 2 aliphatic rings. The Labute approximate surface area is 264 Å². The normalized spacial score (nSPS) is 16.9. The molecule has 10 heteroatoms. The molecule has 0 spiro atoms. The molecule has 0 saturated carbocycles. The highest BCUT2D eigenvalue weighted by atomic mass is 16.7. The van der Waals surface area contributed by atoms with Gasteiger partial charge in [-0.25, -0.2) is 9.59 Å². The summed E-state index contributed by atoms with van der Waals surface area (Å²) in [6, 6.07) is 22.6. The average molecular weight is 618 g/mol. The van der Waals surface area contributed by atoms with Gasteiger partial charge in [-0.2, -0.15) is 0 Å². The van der Waals surface area contributed by atoms with E-state index < -0.39 is 5.79 Å². The fourth-order valence-electron chi connectivity index (χ4n) is 5.21. The molecule has 240 valence electrons. The molecule has 0 aromatic heterocycles. The smallest absolute Gasteiger partial charge is 0.410 e. The first-order valence-corrected chi connectivity index (χ1v) is 15.6. The zero-order chi connectivity index (χ0) is 31.5. The minimum absolute atomic E-state index is 0.265. The Kier molecular flexibility index (Phi) is 11.3. The van der Waals surface area contributed by atoms with Gasteiger partial charge < -0.3 is 39.2 Å². The van der Waals surface area contributed by atoms with Crippen LogP contribution in [-0.2, 0) is 32.2 Å². The number of benzene rings is 3. The molecular formula is C35H43N3O7. The number of carbonyl (C=O) groups is 2. The second-order valence-electron chi connectivity index (χ2n) is 11.7. The molecule has 1 saturated heterocycles. The Morgan fingerprint density at radius 3 is 2.53 bits per heavy atom. The molecule has 0 bridgehead atoms. The minimum atomic E-state index is -0.636. The molecule has 3 aromatic carbocycles. The van der Waals surface area contributed by atoms with Crippen molar-refractivity contribution in [1.82, 2.24) is 4.90 Å². The van der Waals surface area contributed by atoms with Crippen molar-refractivity contribution >= 4 is 23.5 Å². The number of nitrogens with one attached hydrogen (secondary N) is 2. The van der Waals surface area contributed by atoms with Crippen molar-refractivity contribution in [2.24, 2.45) is 0 Å². The van der Waals surface area contributed by atoms with E-state index in [-0.39, 0.29) is 18.2 Å². The van der Waals surface area contributed by atoms with E-state index in [0.29, 0.717) is 51.8 Å². The number of para-hydroxylation sites is 1. The first kappa shape index (κ1) is 32.3. The monoisotopic (exact) mass is 617 g/mol. The average Bonchev–Trinajstić information content (AvgIpc) is 3.39. The third-order valence-corrected chi connectivity index (χ3v) is 7.55. The number of nitrogens with zero attached hydrogens (tertiary/aromatic N) is 1. The van der Waals surface area contributed by atoms with Crippen LogP contribution in [0.4, 0.5) is 21.0 Å². The van der Waals surface area contributed by atoms with Crippen molar-refractivity contribution in [3.05, 3.63) is 89.5 Å². The van der Waals surface area contributed by atoms with Gasteiger partial charge in [-0.05, 0) is 73.2 Å². The van der Waals surface area contributed by atoms with E-state index in [9.17, 15) is 9.59 Å². The summed E-state index contributed by atoms with van der Waals surface area (Å²) in [5.74, 6) is 0.177. The molecule has 0 aliphatic carbocycles. The third kappa shape index (κ3) is 9.94. The van der Waals surface area contributed by atoms with Gasteiger partial charge in [0.05, 0.1) is 19.8 Å². The van der Waals surface area contributed by atoms with Gasteiger partial charge in [0.1, 0.15) is 11.9 Å². The van der Waals surface area contributed by atoms with Crippen LogP contribution < -0.4 is 15.4 Å².